The molecule has 1 rings (SSSR count). The van der Waals surface area contributed by atoms with E-state index in [2.05, 4.69) is 57.8 Å². The van der Waals surface area contributed by atoms with Gasteiger partial charge in [-0.25, -0.2) is 0 Å². The Bertz CT molecular complexity index is 369. The minimum absolute atomic E-state index is 0.352. The predicted molar refractivity (Wildman–Crippen MR) is 82.5 cm³/mol. The molecule has 0 heterocycles. The smallest absolute Gasteiger partial charge is 0.0802 e. The summed E-state index contributed by atoms with van der Waals surface area (Å²) in [6.07, 6.45) is 2.88. The van der Waals surface area contributed by atoms with Crippen molar-refractivity contribution in [1.82, 2.24) is 4.90 Å². The Kier molecular flexibility index (Phi) is 6.53. The van der Waals surface area contributed by atoms with Crippen molar-refractivity contribution in [3.63, 3.8) is 0 Å². The number of hydrogen-bond donors (Lipinski definition) is 1. The zero-order valence-electron chi connectivity index (χ0n) is 13.1. The average Bonchev–Trinajstić information content (AvgIpc) is 2.34. The Morgan fingerprint density at radius 1 is 1.11 bits per heavy atom. The van der Waals surface area contributed by atoms with Crippen molar-refractivity contribution in [2.45, 2.75) is 59.1 Å². The molecule has 0 bridgehead atoms. The summed E-state index contributed by atoms with van der Waals surface area (Å²) in [5.74, 6) is 0. The molecule has 0 saturated carbocycles. The van der Waals surface area contributed by atoms with Crippen molar-refractivity contribution in [2.75, 3.05) is 13.6 Å². The van der Waals surface area contributed by atoms with E-state index in [1.807, 2.05) is 0 Å². The first-order valence-corrected chi connectivity index (χ1v) is 7.40. The lowest BCUT2D eigenvalue weighted by atomic mass is 10.0. The molecule has 0 aliphatic heterocycles. The molecule has 19 heavy (non-hydrogen) atoms. The molecule has 0 fully saturated rings. The molecule has 0 aliphatic carbocycles. The number of rotatable bonds is 7. The third-order valence-electron chi connectivity index (χ3n) is 3.84. The molecule has 0 amide bonds. The van der Waals surface area contributed by atoms with Crippen LogP contribution in [0.5, 0.6) is 0 Å². The second-order valence-corrected chi connectivity index (χ2v) is 5.84. The van der Waals surface area contributed by atoms with Gasteiger partial charge in [-0.05, 0) is 46.2 Å². The van der Waals surface area contributed by atoms with Crippen LogP contribution in [0, 0.1) is 13.8 Å². The molecule has 0 spiro atoms. The average molecular weight is 263 g/mol. The van der Waals surface area contributed by atoms with E-state index in [4.69, 9.17) is 0 Å². The lowest BCUT2D eigenvalue weighted by Gasteiger charge is -2.25. The highest BCUT2D eigenvalue weighted by molar-refractivity contribution is 5.29. The van der Waals surface area contributed by atoms with Crippen LogP contribution >= 0.6 is 0 Å². The molecular weight excluding hydrogens is 234 g/mol. The number of aliphatic hydroxyl groups is 1. The molecule has 0 radical (unpaired) electrons. The van der Waals surface area contributed by atoms with Crippen molar-refractivity contribution >= 4 is 0 Å². The summed E-state index contributed by atoms with van der Waals surface area (Å²) < 4.78 is 0. The Hall–Kier alpha value is -0.860. The van der Waals surface area contributed by atoms with E-state index in [1.54, 1.807) is 0 Å². The van der Waals surface area contributed by atoms with Crippen LogP contribution in [0.25, 0.3) is 0 Å². The Balaban J connectivity index is 2.53. The van der Waals surface area contributed by atoms with Gasteiger partial charge in [-0.3, -0.25) is 0 Å². The van der Waals surface area contributed by atoms with Crippen LogP contribution in [0.2, 0.25) is 0 Å². The molecule has 0 aliphatic rings. The summed E-state index contributed by atoms with van der Waals surface area (Å²) in [7, 11) is 2.15. The van der Waals surface area contributed by atoms with E-state index in [0.29, 0.717) is 6.04 Å². The molecule has 2 heteroatoms. The van der Waals surface area contributed by atoms with Crippen LogP contribution in [-0.2, 0) is 0 Å². The van der Waals surface area contributed by atoms with Gasteiger partial charge in [0.05, 0.1) is 6.10 Å². The van der Waals surface area contributed by atoms with Gasteiger partial charge < -0.3 is 10.0 Å². The largest absolute Gasteiger partial charge is 0.388 e. The fourth-order valence-electron chi connectivity index (χ4n) is 2.55. The maximum Gasteiger partial charge on any atom is 0.0802 e. The first kappa shape index (κ1) is 16.2. The maximum atomic E-state index is 10.3. The second kappa shape index (κ2) is 7.66. The summed E-state index contributed by atoms with van der Waals surface area (Å²) in [6, 6.07) is 6.92. The lowest BCUT2D eigenvalue weighted by molar-refractivity contribution is 0.137. The lowest BCUT2D eigenvalue weighted by Crippen LogP contribution is -2.30. The fourth-order valence-corrected chi connectivity index (χ4v) is 2.55. The molecule has 1 aromatic rings. The van der Waals surface area contributed by atoms with Gasteiger partial charge in [-0.15, -0.1) is 0 Å². The minimum Gasteiger partial charge on any atom is -0.388 e. The zero-order chi connectivity index (χ0) is 14.4. The van der Waals surface area contributed by atoms with Gasteiger partial charge in [-0.2, -0.15) is 0 Å². The van der Waals surface area contributed by atoms with Gasteiger partial charge in [0, 0.05) is 12.6 Å². The van der Waals surface area contributed by atoms with E-state index in [9.17, 15) is 5.11 Å². The van der Waals surface area contributed by atoms with E-state index in [0.717, 1.165) is 18.5 Å². The van der Waals surface area contributed by atoms with Crippen LogP contribution < -0.4 is 0 Å². The quantitative estimate of drug-likeness (QED) is 0.807. The van der Waals surface area contributed by atoms with Crippen LogP contribution in [0.15, 0.2) is 18.2 Å². The second-order valence-electron chi connectivity index (χ2n) is 5.84. The van der Waals surface area contributed by atoms with Gasteiger partial charge in [-0.1, -0.05) is 42.7 Å². The predicted octanol–water partition coefficient (Wildman–Crippen LogP) is 3.85. The Labute approximate surface area is 118 Å². The summed E-state index contributed by atoms with van der Waals surface area (Å²) >= 11 is 0. The van der Waals surface area contributed by atoms with E-state index in [1.165, 1.54) is 24.0 Å². The van der Waals surface area contributed by atoms with Gasteiger partial charge in [0.25, 0.3) is 0 Å². The molecule has 0 saturated heterocycles. The number of hydrogen-bond acceptors (Lipinski definition) is 2. The molecule has 2 unspecified atom stereocenters. The number of nitrogens with zero attached hydrogens (tertiary/aromatic N) is 1. The van der Waals surface area contributed by atoms with Gasteiger partial charge in [0.15, 0.2) is 0 Å². The summed E-state index contributed by atoms with van der Waals surface area (Å²) in [5, 5.41) is 10.3. The van der Waals surface area contributed by atoms with Crippen molar-refractivity contribution in [2.24, 2.45) is 0 Å². The highest BCUT2D eigenvalue weighted by Crippen LogP contribution is 2.20. The summed E-state index contributed by atoms with van der Waals surface area (Å²) in [6.45, 7) is 9.58. The third-order valence-corrected chi connectivity index (χ3v) is 3.84. The monoisotopic (exact) mass is 263 g/mol. The molecule has 2 nitrogen and oxygen atoms in total. The van der Waals surface area contributed by atoms with E-state index >= 15 is 0 Å². The fraction of sp³-hybridized carbons (Fsp3) is 0.647. The Morgan fingerprint density at radius 3 is 2.21 bits per heavy atom. The SMILES string of the molecule is CCCC(C)N(C)CCC(O)c1cc(C)cc(C)c1. The molecule has 2 atom stereocenters. The van der Waals surface area contributed by atoms with Gasteiger partial charge in [0.2, 0.25) is 0 Å². The standard InChI is InChI=1S/C17H29NO/c1-6-7-15(4)18(5)9-8-17(19)16-11-13(2)10-14(3)12-16/h10-12,15,17,19H,6-9H2,1-5H3. The number of aryl methyl sites for hydroxylation is 2. The van der Waals surface area contributed by atoms with Crippen molar-refractivity contribution < 1.29 is 5.11 Å². The zero-order valence-corrected chi connectivity index (χ0v) is 13.1. The van der Waals surface area contributed by atoms with Crippen LogP contribution in [0.3, 0.4) is 0 Å². The molecule has 108 valence electrons. The van der Waals surface area contributed by atoms with Crippen molar-refractivity contribution in [3.05, 3.63) is 34.9 Å². The third kappa shape index (κ3) is 5.33. The summed E-state index contributed by atoms with van der Waals surface area (Å²) in [4.78, 5) is 2.34. The molecule has 0 aromatic heterocycles. The van der Waals surface area contributed by atoms with E-state index < -0.39 is 0 Å². The molecular formula is C17H29NO. The van der Waals surface area contributed by atoms with Crippen molar-refractivity contribution in [3.8, 4) is 0 Å². The molecule has 1 aromatic carbocycles. The van der Waals surface area contributed by atoms with Crippen LogP contribution in [0.4, 0.5) is 0 Å². The minimum atomic E-state index is -0.352. The van der Waals surface area contributed by atoms with Crippen LogP contribution in [-0.4, -0.2) is 29.6 Å². The molecule has 1 N–H and O–H groups in total. The Morgan fingerprint density at radius 2 is 1.68 bits per heavy atom. The van der Waals surface area contributed by atoms with Crippen LogP contribution in [0.1, 0.15) is 55.9 Å². The summed E-state index contributed by atoms with van der Waals surface area (Å²) in [5.41, 5.74) is 3.50. The normalized spacial score (nSPS) is 14.7. The topological polar surface area (TPSA) is 23.5 Å². The van der Waals surface area contributed by atoms with E-state index in [-0.39, 0.29) is 6.10 Å². The van der Waals surface area contributed by atoms with Crippen molar-refractivity contribution in [1.29, 1.82) is 0 Å². The highest BCUT2D eigenvalue weighted by atomic mass is 16.3. The first-order valence-electron chi connectivity index (χ1n) is 7.40. The number of benzene rings is 1. The number of aliphatic hydroxyl groups excluding tert-OH is 1. The highest BCUT2D eigenvalue weighted by Gasteiger charge is 2.12. The van der Waals surface area contributed by atoms with Gasteiger partial charge >= 0.3 is 0 Å². The maximum absolute atomic E-state index is 10.3. The van der Waals surface area contributed by atoms with Gasteiger partial charge in [0.1, 0.15) is 0 Å². The first-order chi connectivity index (χ1) is 8.93.